The van der Waals surface area contributed by atoms with Gasteiger partial charge < -0.3 is 10.1 Å². The Kier molecular flexibility index (Phi) is 5.22. The second-order valence-electron chi connectivity index (χ2n) is 5.84. The van der Waals surface area contributed by atoms with Crippen LogP contribution in [-0.4, -0.2) is 50.3 Å². The van der Waals surface area contributed by atoms with E-state index in [1.807, 2.05) is 7.05 Å². The molecule has 0 radical (unpaired) electrons. The molecule has 2 unspecified atom stereocenters. The molecule has 0 aromatic heterocycles. The molecule has 0 bridgehead atoms. The fourth-order valence-corrected chi connectivity index (χ4v) is 2.63. The Morgan fingerprint density at radius 3 is 2.62 bits per heavy atom. The summed E-state index contributed by atoms with van der Waals surface area (Å²) in [5.41, 5.74) is 0.245. The zero-order valence-corrected chi connectivity index (χ0v) is 11.5. The van der Waals surface area contributed by atoms with Crippen molar-refractivity contribution in [2.75, 3.05) is 33.3 Å². The van der Waals surface area contributed by atoms with Crippen molar-refractivity contribution >= 4 is 0 Å². The smallest absolute Gasteiger partial charge is 0.0860 e. The van der Waals surface area contributed by atoms with Gasteiger partial charge in [0, 0.05) is 19.1 Å². The molecule has 0 aliphatic carbocycles. The van der Waals surface area contributed by atoms with Crippen LogP contribution >= 0.6 is 0 Å². The van der Waals surface area contributed by atoms with E-state index in [4.69, 9.17) is 4.74 Å². The zero-order chi connectivity index (χ0) is 12.2. The fourth-order valence-electron chi connectivity index (χ4n) is 2.63. The van der Waals surface area contributed by atoms with Crippen LogP contribution in [0.5, 0.6) is 0 Å². The summed E-state index contributed by atoms with van der Waals surface area (Å²) in [6.07, 6.45) is 1.55. The molecule has 0 aromatic carbocycles. The third-order valence-electron chi connectivity index (χ3n) is 3.33. The highest BCUT2D eigenvalue weighted by Gasteiger charge is 2.34. The van der Waals surface area contributed by atoms with Crippen molar-refractivity contribution in [3.63, 3.8) is 0 Å². The SMILES string of the molecule is CCCN1CCOC(C(NC)C(C)(C)C)C1. The molecular formula is C13H28N2O. The van der Waals surface area contributed by atoms with Crippen LogP contribution in [0.25, 0.3) is 0 Å². The van der Waals surface area contributed by atoms with Crippen LogP contribution in [0, 0.1) is 5.41 Å². The molecule has 0 saturated carbocycles. The van der Waals surface area contributed by atoms with Gasteiger partial charge in [0.05, 0.1) is 12.7 Å². The van der Waals surface area contributed by atoms with E-state index in [2.05, 4.69) is 37.9 Å². The molecule has 1 saturated heterocycles. The standard InChI is InChI=1S/C13H28N2O/c1-6-7-15-8-9-16-11(10-15)12(14-5)13(2,3)4/h11-12,14H,6-10H2,1-5H3. The van der Waals surface area contributed by atoms with E-state index in [0.29, 0.717) is 12.1 Å². The number of ether oxygens (including phenoxy) is 1. The number of hydrogen-bond donors (Lipinski definition) is 1. The summed E-state index contributed by atoms with van der Waals surface area (Å²) in [5, 5.41) is 3.42. The van der Waals surface area contributed by atoms with Crippen LogP contribution in [0.2, 0.25) is 0 Å². The molecule has 1 aliphatic heterocycles. The minimum atomic E-state index is 0.245. The first kappa shape index (κ1) is 13.9. The molecule has 1 rings (SSSR count). The topological polar surface area (TPSA) is 24.5 Å². The van der Waals surface area contributed by atoms with Gasteiger partial charge in [-0.1, -0.05) is 27.7 Å². The summed E-state index contributed by atoms with van der Waals surface area (Å²) in [5.74, 6) is 0. The van der Waals surface area contributed by atoms with Crippen LogP contribution < -0.4 is 5.32 Å². The molecule has 0 spiro atoms. The van der Waals surface area contributed by atoms with E-state index in [-0.39, 0.29) is 5.41 Å². The zero-order valence-electron chi connectivity index (χ0n) is 11.5. The molecule has 0 aromatic rings. The molecule has 1 N–H and O–H groups in total. The molecule has 1 fully saturated rings. The summed E-state index contributed by atoms with van der Waals surface area (Å²) in [6, 6.07) is 0.423. The van der Waals surface area contributed by atoms with Crippen molar-refractivity contribution in [2.24, 2.45) is 5.41 Å². The van der Waals surface area contributed by atoms with Gasteiger partial charge in [-0.05, 0) is 25.4 Å². The summed E-state index contributed by atoms with van der Waals surface area (Å²) < 4.78 is 5.93. The Morgan fingerprint density at radius 1 is 1.44 bits per heavy atom. The van der Waals surface area contributed by atoms with Gasteiger partial charge in [-0.2, -0.15) is 0 Å². The molecule has 96 valence electrons. The van der Waals surface area contributed by atoms with Gasteiger partial charge >= 0.3 is 0 Å². The van der Waals surface area contributed by atoms with Gasteiger partial charge in [0.1, 0.15) is 0 Å². The van der Waals surface area contributed by atoms with Gasteiger partial charge in [-0.3, -0.25) is 4.90 Å². The van der Waals surface area contributed by atoms with Crippen molar-refractivity contribution in [2.45, 2.75) is 46.3 Å². The number of nitrogens with one attached hydrogen (secondary N) is 1. The van der Waals surface area contributed by atoms with Gasteiger partial charge in [-0.15, -0.1) is 0 Å². The molecule has 3 heteroatoms. The molecule has 2 atom stereocenters. The van der Waals surface area contributed by atoms with E-state index in [9.17, 15) is 0 Å². The van der Waals surface area contributed by atoms with Gasteiger partial charge in [0.2, 0.25) is 0 Å². The van der Waals surface area contributed by atoms with Crippen molar-refractivity contribution < 1.29 is 4.74 Å². The van der Waals surface area contributed by atoms with E-state index in [0.717, 1.165) is 19.7 Å². The fraction of sp³-hybridized carbons (Fsp3) is 1.00. The molecule has 3 nitrogen and oxygen atoms in total. The average Bonchev–Trinajstić information content (AvgIpc) is 2.17. The highest BCUT2D eigenvalue weighted by Crippen LogP contribution is 2.25. The second kappa shape index (κ2) is 5.99. The Morgan fingerprint density at radius 2 is 2.12 bits per heavy atom. The minimum absolute atomic E-state index is 0.245. The normalized spacial score (nSPS) is 25.7. The lowest BCUT2D eigenvalue weighted by Crippen LogP contribution is -2.56. The summed E-state index contributed by atoms with van der Waals surface area (Å²) in [6.45, 7) is 13.3. The lowest BCUT2D eigenvalue weighted by atomic mass is 9.83. The Bertz CT molecular complexity index is 199. The van der Waals surface area contributed by atoms with Crippen molar-refractivity contribution in [3.8, 4) is 0 Å². The second-order valence-corrected chi connectivity index (χ2v) is 5.84. The monoisotopic (exact) mass is 228 g/mol. The molecular weight excluding hydrogens is 200 g/mol. The van der Waals surface area contributed by atoms with E-state index in [1.54, 1.807) is 0 Å². The number of likely N-dealkylation sites (N-methyl/N-ethyl adjacent to an activating group) is 1. The maximum Gasteiger partial charge on any atom is 0.0860 e. The first-order valence-electron chi connectivity index (χ1n) is 6.50. The number of hydrogen-bond acceptors (Lipinski definition) is 3. The molecule has 0 amide bonds. The van der Waals surface area contributed by atoms with Gasteiger partial charge in [0.15, 0.2) is 0 Å². The Balaban J connectivity index is 2.57. The predicted molar refractivity (Wildman–Crippen MR) is 68.8 cm³/mol. The lowest BCUT2D eigenvalue weighted by molar-refractivity contribution is -0.0636. The van der Waals surface area contributed by atoms with Gasteiger partial charge in [-0.25, -0.2) is 0 Å². The molecule has 16 heavy (non-hydrogen) atoms. The molecule has 1 heterocycles. The Labute approximate surface area is 101 Å². The summed E-state index contributed by atoms with van der Waals surface area (Å²) in [7, 11) is 2.04. The van der Waals surface area contributed by atoms with E-state index < -0.39 is 0 Å². The van der Waals surface area contributed by atoms with E-state index in [1.165, 1.54) is 13.0 Å². The number of nitrogens with zero attached hydrogens (tertiary/aromatic N) is 1. The third-order valence-corrected chi connectivity index (χ3v) is 3.33. The van der Waals surface area contributed by atoms with Crippen molar-refractivity contribution in [1.82, 2.24) is 10.2 Å². The highest BCUT2D eigenvalue weighted by molar-refractivity contribution is 4.90. The largest absolute Gasteiger partial charge is 0.374 e. The van der Waals surface area contributed by atoms with Crippen molar-refractivity contribution in [1.29, 1.82) is 0 Å². The average molecular weight is 228 g/mol. The minimum Gasteiger partial charge on any atom is -0.374 e. The maximum absolute atomic E-state index is 5.93. The predicted octanol–water partition coefficient (Wildman–Crippen LogP) is 1.73. The van der Waals surface area contributed by atoms with E-state index >= 15 is 0 Å². The van der Waals surface area contributed by atoms with Crippen LogP contribution in [0.3, 0.4) is 0 Å². The molecule has 1 aliphatic rings. The number of morpholine rings is 1. The quantitative estimate of drug-likeness (QED) is 0.793. The first-order chi connectivity index (χ1) is 7.49. The van der Waals surface area contributed by atoms with Gasteiger partial charge in [0.25, 0.3) is 0 Å². The lowest BCUT2D eigenvalue weighted by Gasteiger charge is -2.42. The summed E-state index contributed by atoms with van der Waals surface area (Å²) >= 11 is 0. The van der Waals surface area contributed by atoms with Crippen LogP contribution in [-0.2, 0) is 4.74 Å². The Hall–Kier alpha value is -0.120. The van der Waals surface area contributed by atoms with Crippen LogP contribution in [0.15, 0.2) is 0 Å². The summed E-state index contributed by atoms with van der Waals surface area (Å²) in [4.78, 5) is 2.52. The highest BCUT2D eigenvalue weighted by atomic mass is 16.5. The first-order valence-corrected chi connectivity index (χ1v) is 6.50. The van der Waals surface area contributed by atoms with Crippen LogP contribution in [0.1, 0.15) is 34.1 Å². The number of rotatable bonds is 4. The van der Waals surface area contributed by atoms with Crippen molar-refractivity contribution in [3.05, 3.63) is 0 Å². The van der Waals surface area contributed by atoms with Crippen LogP contribution in [0.4, 0.5) is 0 Å². The maximum atomic E-state index is 5.93. The third kappa shape index (κ3) is 3.72.